The van der Waals surface area contributed by atoms with Crippen LogP contribution in [0.25, 0.3) is 10.9 Å². The lowest BCUT2D eigenvalue weighted by atomic mass is 10.0. The Kier molecular flexibility index (Phi) is 5.23. The molecule has 6 heteroatoms. The van der Waals surface area contributed by atoms with Crippen molar-refractivity contribution in [3.05, 3.63) is 63.3 Å². The number of carboxylic acid groups (broad SMARTS) is 1. The first-order valence-electron chi connectivity index (χ1n) is 7.60. The molecule has 0 bridgehead atoms. The van der Waals surface area contributed by atoms with Crippen molar-refractivity contribution in [1.82, 2.24) is 4.98 Å². The molecule has 2 aromatic carbocycles. The molecule has 0 aliphatic carbocycles. The van der Waals surface area contributed by atoms with Gasteiger partial charge in [0.1, 0.15) is 0 Å². The van der Waals surface area contributed by atoms with Gasteiger partial charge in [0, 0.05) is 20.2 Å². The van der Waals surface area contributed by atoms with Gasteiger partial charge in [0.2, 0.25) is 0 Å². The first-order chi connectivity index (χ1) is 11.9. The first-order valence-corrected chi connectivity index (χ1v) is 9.17. The minimum atomic E-state index is -0.879. The Morgan fingerprint density at radius 3 is 2.44 bits per heavy atom. The van der Waals surface area contributed by atoms with Gasteiger partial charge in [0.15, 0.2) is 0 Å². The Labute approximate surface area is 160 Å². The van der Waals surface area contributed by atoms with Crippen LogP contribution in [0.5, 0.6) is 0 Å². The fourth-order valence-corrected chi connectivity index (χ4v) is 4.10. The average molecular weight is 392 g/mol. The van der Waals surface area contributed by atoms with Gasteiger partial charge in [-0.15, -0.1) is 0 Å². The Hall–Kier alpha value is -1.75. The number of benzene rings is 2. The summed E-state index contributed by atoms with van der Waals surface area (Å²) in [4.78, 5) is 17.9. The lowest BCUT2D eigenvalue weighted by Crippen LogP contribution is -2.03. The maximum atomic E-state index is 11.2. The summed E-state index contributed by atoms with van der Waals surface area (Å²) in [5.41, 5.74) is 3.21. The maximum absolute atomic E-state index is 11.2. The van der Waals surface area contributed by atoms with Crippen molar-refractivity contribution in [3.8, 4) is 0 Å². The molecule has 0 fully saturated rings. The third-order valence-electron chi connectivity index (χ3n) is 3.91. The number of hydrogen-bond donors (Lipinski definition) is 1. The van der Waals surface area contributed by atoms with E-state index in [4.69, 9.17) is 23.2 Å². The maximum Gasteiger partial charge on any atom is 0.307 e. The van der Waals surface area contributed by atoms with Crippen LogP contribution >= 0.6 is 35.0 Å². The van der Waals surface area contributed by atoms with E-state index in [0.29, 0.717) is 15.6 Å². The second-order valence-corrected chi connectivity index (χ2v) is 7.64. The van der Waals surface area contributed by atoms with Gasteiger partial charge in [-0.3, -0.25) is 9.78 Å². The van der Waals surface area contributed by atoms with Gasteiger partial charge in [-0.05, 0) is 55.3 Å². The predicted octanol–water partition coefficient (Wildman–Crippen LogP) is 5.94. The van der Waals surface area contributed by atoms with E-state index >= 15 is 0 Å². The van der Waals surface area contributed by atoms with Crippen LogP contribution < -0.4 is 0 Å². The number of fused-ring (bicyclic) bond motifs is 1. The van der Waals surface area contributed by atoms with E-state index in [1.807, 2.05) is 38.1 Å². The summed E-state index contributed by atoms with van der Waals surface area (Å²) in [7, 11) is 0. The van der Waals surface area contributed by atoms with Crippen molar-refractivity contribution in [2.24, 2.45) is 0 Å². The van der Waals surface area contributed by atoms with E-state index in [1.165, 1.54) is 0 Å². The van der Waals surface area contributed by atoms with Crippen molar-refractivity contribution >= 4 is 51.8 Å². The number of aliphatic carboxylic acids is 1. The summed E-state index contributed by atoms with van der Waals surface area (Å²) < 4.78 is 0. The molecular formula is C19H15Cl2NO2S. The number of aryl methyl sites for hydroxylation is 2. The van der Waals surface area contributed by atoms with E-state index in [-0.39, 0.29) is 6.42 Å². The molecule has 1 aromatic heterocycles. The second-order valence-electron chi connectivity index (χ2n) is 5.71. The number of aromatic nitrogens is 1. The van der Waals surface area contributed by atoms with Gasteiger partial charge < -0.3 is 5.11 Å². The molecule has 0 spiro atoms. The molecular weight excluding hydrogens is 377 g/mol. The molecule has 1 heterocycles. The Morgan fingerprint density at radius 2 is 1.80 bits per heavy atom. The summed E-state index contributed by atoms with van der Waals surface area (Å²) in [5, 5.41) is 11.2. The number of carboxylic acids is 1. The van der Waals surface area contributed by atoms with Crippen LogP contribution in [0.2, 0.25) is 10.0 Å². The normalized spacial score (nSPS) is 11.0. The van der Waals surface area contributed by atoms with E-state index in [9.17, 15) is 9.90 Å². The molecule has 0 radical (unpaired) electrons. The number of hydrogen-bond acceptors (Lipinski definition) is 3. The van der Waals surface area contributed by atoms with Crippen molar-refractivity contribution in [2.75, 3.05) is 0 Å². The topological polar surface area (TPSA) is 50.2 Å². The van der Waals surface area contributed by atoms with Gasteiger partial charge in [-0.25, -0.2) is 0 Å². The largest absolute Gasteiger partial charge is 0.481 e. The van der Waals surface area contributed by atoms with Crippen LogP contribution in [-0.2, 0) is 11.2 Å². The monoisotopic (exact) mass is 391 g/mol. The van der Waals surface area contributed by atoms with E-state index in [2.05, 4.69) is 4.98 Å². The van der Waals surface area contributed by atoms with Gasteiger partial charge in [0.25, 0.3) is 0 Å². The molecule has 3 aromatic rings. The molecule has 0 aliphatic heterocycles. The Bertz CT molecular complexity index is 972. The number of carbonyl (C=O) groups is 1. The van der Waals surface area contributed by atoms with Crippen molar-refractivity contribution in [1.29, 1.82) is 0 Å². The van der Waals surface area contributed by atoms with Crippen LogP contribution in [0.1, 0.15) is 16.8 Å². The molecule has 0 atom stereocenters. The number of nitrogens with zero attached hydrogens (tertiary/aromatic N) is 1. The van der Waals surface area contributed by atoms with Crippen LogP contribution in [0.3, 0.4) is 0 Å². The summed E-state index contributed by atoms with van der Waals surface area (Å²) >= 11 is 13.8. The fraction of sp³-hybridized carbons (Fsp3) is 0.158. The minimum absolute atomic E-state index is 0.0652. The number of pyridine rings is 1. The predicted molar refractivity (Wildman–Crippen MR) is 103 cm³/mol. The SMILES string of the molecule is Cc1nc2c(Cl)ccc(CC(=O)O)c2c(C)c1Sc1ccc(Cl)cc1. The van der Waals surface area contributed by atoms with Crippen LogP contribution in [0, 0.1) is 13.8 Å². The lowest BCUT2D eigenvalue weighted by molar-refractivity contribution is -0.136. The van der Waals surface area contributed by atoms with E-state index in [1.54, 1.807) is 23.9 Å². The minimum Gasteiger partial charge on any atom is -0.481 e. The molecule has 1 N–H and O–H groups in total. The summed E-state index contributed by atoms with van der Waals surface area (Å²) in [6.45, 7) is 3.92. The molecule has 25 heavy (non-hydrogen) atoms. The highest BCUT2D eigenvalue weighted by Gasteiger charge is 2.17. The standard InChI is InChI=1S/C19H15Cl2NO2S/c1-10-17-12(9-16(23)24)3-8-15(21)18(17)22-11(2)19(10)25-14-6-4-13(20)5-7-14/h3-8H,9H2,1-2H3,(H,23,24). The van der Waals surface area contributed by atoms with E-state index in [0.717, 1.165) is 32.0 Å². The number of halogens is 2. The summed E-state index contributed by atoms with van der Waals surface area (Å²) in [5.74, 6) is -0.879. The van der Waals surface area contributed by atoms with Crippen LogP contribution in [0.4, 0.5) is 0 Å². The Morgan fingerprint density at radius 1 is 1.12 bits per heavy atom. The summed E-state index contributed by atoms with van der Waals surface area (Å²) in [6.07, 6.45) is -0.0652. The Balaban J connectivity index is 2.19. The highest BCUT2D eigenvalue weighted by molar-refractivity contribution is 7.99. The third-order valence-corrected chi connectivity index (χ3v) is 5.78. The second kappa shape index (κ2) is 7.24. The van der Waals surface area contributed by atoms with Gasteiger partial charge in [-0.2, -0.15) is 0 Å². The molecule has 0 amide bonds. The molecule has 0 aliphatic rings. The average Bonchev–Trinajstić information content (AvgIpc) is 2.55. The molecule has 128 valence electrons. The van der Waals surface area contributed by atoms with Gasteiger partial charge in [-0.1, -0.05) is 41.0 Å². The van der Waals surface area contributed by atoms with E-state index < -0.39 is 5.97 Å². The molecule has 3 nitrogen and oxygen atoms in total. The summed E-state index contributed by atoms with van der Waals surface area (Å²) in [6, 6.07) is 11.1. The van der Waals surface area contributed by atoms with Crippen molar-refractivity contribution in [2.45, 2.75) is 30.1 Å². The van der Waals surface area contributed by atoms with Crippen molar-refractivity contribution in [3.63, 3.8) is 0 Å². The fourth-order valence-electron chi connectivity index (χ4n) is 2.82. The highest BCUT2D eigenvalue weighted by atomic mass is 35.5. The smallest absolute Gasteiger partial charge is 0.307 e. The molecule has 3 rings (SSSR count). The van der Waals surface area contributed by atoms with Crippen LogP contribution in [-0.4, -0.2) is 16.1 Å². The number of rotatable bonds is 4. The zero-order valence-electron chi connectivity index (χ0n) is 13.6. The van der Waals surface area contributed by atoms with Gasteiger partial charge >= 0.3 is 5.97 Å². The highest BCUT2D eigenvalue weighted by Crippen LogP contribution is 2.38. The lowest BCUT2D eigenvalue weighted by Gasteiger charge is -2.15. The van der Waals surface area contributed by atoms with Crippen molar-refractivity contribution < 1.29 is 9.90 Å². The van der Waals surface area contributed by atoms with Crippen LogP contribution in [0.15, 0.2) is 46.2 Å². The molecule has 0 unspecified atom stereocenters. The quantitative estimate of drug-likeness (QED) is 0.597. The zero-order chi connectivity index (χ0) is 18.1. The third kappa shape index (κ3) is 3.76. The zero-order valence-corrected chi connectivity index (χ0v) is 16.0. The molecule has 0 saturated carbocycles. The van der Waals surface area contributed by atoms with Gasteiger partial charge in [0.05, 0.1) is 22.7 Å². The molecule has 0 saturated heterocycles. The first kappa shape index (κ1) is 18.1.